The Hall–Kier alpha value is -1.09. The van der Waals surface area contributed by atoms with Crippen LogP contribution in [0.1, 0.15) is 11.1 Å². The molecule has 3 heteroatoms. The molecule has 1 aromatic rings. The minimum atomic E-state index is -0.129. The normalized spacial score (nSPS) is 17.1. The third-order valence-electron chi connectivity index (χ3n) is 2.58. The van der Waals surface area contributed by atoms with E-state index in [-0.39, 0.29) is 5.82 Å². The molecule has 0 amide bonds. The molecule has 0 aromatic heterocycles. The molecule has 0 saturated heterocycles. The Morgan fingerprint density at radius 2 is 2.15 bits per heavy atom. The molecule has 70 valence electrons. The van der Waals surface area contributed by atoms with Crippen LogP contribution in [-0.4, -0.2) is 18.5 Å². The summed E-state index contributed by atoms with van der Waals surface area (Å²) in [6.45, 7) is 1.63. The van der Waals surface area contributed by atoms with Gasteiger partial charge in [0, 0.05) is 24.3 Å². The second kappa shape index (κ2) is 3.00. The van der Waals surface area contributed by atoms with Gasteiger partial charge in [0.2, 0.25) is 0 Å². The van der Waals surface area contributed by atoms with Crippen LogP contribution >= 0.6 is 0 Å². The van der Waals surface area contributed by atoms with Gasteiger partial charge in [-0.25, -0.2) is 4.39 Å². The Morgan fingerprint density at radius 1 is 1.38 bits per heavy atom. The van der Waals surface area contributed by atoms with Crippen molar-refractivity contribution in [2.45, 2.75) is 13.0 Å². The molecule has 0 radical (unpaired) electrons. The molecular weight excluding hydrogens is 167 g/mol. The number of nitrogens with zero attached hydrogens (tertiary/aromatic N) is 1. The Morgan fingerprint density at radius 3 is 2.92 bits per heavy atom. The van der Waals surface area contributed by atoms with Crippen LogP contribution in [0.25, 0.3) is 0 Å². The maximum absolute atomic E-state index is 13.3. The highest BCUT2D eigenvalue weighted by molar-refractivity contribution is 5.52. The number of fused-ring (bicyclic) bond motifs is 1. The lowest BCUT2D eigenvalue weighted by Gasteiger charge is -2.26. The zero-order valence-electron chi connectivity index (χ0n) is 7.68. The van der Waals surface area contributed by atoms with Crippen LogP contribution in [0.2, 0.25) is 0 Å². The predicted octanol–water partition coefficient (Wildman–Crippen LogP) is 1.40. The predicted molar refractivity (Wildman–Crippen MR) is 50.9 cm³/mol. The van der Waals surface area contributed by atoms with Crippen molar-refractivity contribution in [3.63, 3.8) is 0 Å². The van der Waals surface area contributed by atoms with Gasteiger partial charge in [0.1, 0.15) is 5.82 Å². The molecule has 0 unspecified atom stereocenters. The quantitative estimate of drug-likeness (QED) is 0.611. The van der Waals surface area contributed by atoms with Gasteiger partial charge < -0.3 is 10.6 Å². The first kappa shape index (κ1) is 8.51. The number of anilines is 1. The fourth-order valence-corrected chi connectivity index (χ4v) is 1.80. The first-order valence-corrected chi connectivity index (χ1v) is 4.43. The number of halogens is 1. The summed E-state index contributed by atoms with van der Waals surface area (Å²) in [6, 6.07) is 3.10. The summed E-state index contributed by atoms with van der Waals surface area (Å²) in [7, 11) is 1.99. The Kier molecular flexibility index (Phi) is 1.96. The number of nitrogens with two attached hydrogens (primary N) is 1. The van der Waals surface area contributed by atoms with Crippen LogP contribution in [0.3, 0.4) is 0 Å². The van der Waals surface area contributed by atoms with Gasteiger partial charge in [-0.3, -0.25) is 0 Å². The first-order valence-electron chi connectivity index (χ1n) is 4.43. The van der Waals surface area contributed by atoms with E-state index in [1.165, 1.54) is 6.07 Å². The lowest BCUT2D eigenvalue weighted by Crippen LogP contribution is -2.28. The van der Waals surface area contributed by atoms with E-state index in [9.17, 15) is 4.39 Å². The van der Waals surface area contributed by atoms with E-state index in [1.54, 1.807) is 6.07 Å². The highest BCUT2D eigenvalue weighted by Gasteiger charge is 2.18. The highest BCUT2D eigenvalue weighted by atomic mass is 19.1. The second-order valence-electron chi connectivity index (χ2n) is 3.58. The minimum Gasteiger partial charge on any atom is -0.398 e. The molecule has 0 aliphatic carbocycles. The fraction of sp³-hybridized carbons (Fsp3) is 0.400. The summed E-state index contributed by atoms with van der Waals surface area (Å²) in [5.74, 6) is -0.129. The molecule has 1 heterocycles. The van der Waals surface area contributed by atoms with E-state index in [0.717, 1.165) is 29.8 Å². The lowest BCUT2D eigenvalue weighted by molar-refractivity contribution is 0.306. The van der Waals surface area contributed by atoms with Crippen molar-refractivity contribution in [1.29, 1.82) is 0 Å². The molecule has 1 aliphatic rings. The van der Waals surface area contributed by atoms with E-state index in [1.807, 2.05) is 7.05 Å². The van der Waals surface area contributed by atoms with Crippen LogP contribution in [0.4, 0.5) is 10.1 Å². The van der Waals surface area contributed by atoms with Crippen LogP contribution in [0, 0.1) is 5.82 Å². The molecule has 0 atom stereocenters. The van der Waals surface area contributed by atoms with Gasteiger partial charge >= 0.3 is 0 Å². The molecule has 0 fully saturated rings. The molecule has 2 N–H and O–H groups in total. The number of nitrogen functional groups attached to an aromatic ring is 1. The molecule has 0 spiro atoms. The maximum Gasteiger partial charge on any atom is 0.128 e. The van der Waals surface area contributed by atoms with E-state index >= 15 is 0 Å². The molecule has 0 bridgehead atoms. The van der Waals surface area contributed by atoms with Crippen LogP contribution in [-0.2, 0) is 13.0 Å². The summed E-state index contributed by atoms with van der Waals surface area (Å²) in [5, 5.41) is 0. The molecule has 1 aromatic carbocycles. The Bertz CT molecular complexity index is 336. The van der Waals surface area contributed by atoms with Crippen molar-refractivity contribution < 1.29 is 4.39 Å². The first-order chi connectivity index (χ1) is 6.18. The number of hydrogen-bond acceptors (Lipinski definition) is 2. The number of rotatable bonds is 0. The van der Waals surface area contributed by atoms with Crippen LogP contribution < -0.4 is 5.73 Å². The van der Waals surface area contributed by atoms with Gasteiger partial charge in [-0.15, -0.1) is 0 Å². The molecule has 2 rings (SSSR count). The summed E-state index contributed by atoms with van der Waals surface area (Å²) in [5.41, 5.74) is 8.27. The monoisotopic (exact) mass is 180 g/mol. The van der Waals surface area contributed by atoms with E-state index in [0.29, 0.717) is 6.54 Å². The van der Waals surface area contributed by atoms with Gasteiger partial charge in [0.25, 0.3) is 0 Å². The van der Waals surface area contributed by atoms with Crippen molar-refractivity contribution >= 4 is 5.69 Å². The third-order valence-corrected chi connectivity index (χ3v) is 2.58. The zero-order chi connectivity index (χ0) is 9.42. The van der Waals surface area contributed by atoms with E-state index in [4.69, 9.17) is 5.73 Å². The molecule has 2 nitrogen and oxygen atoms in total. The summed E-state index contributed by atoms with van der Waals surface area (Å²) in [6.07, 6.45) is 0.857. The standard InChI is InChI=1S/C10H13FN2/c1-13-5-4-7-8(6-13)9(11)2-3-10(7)12/h2-3H,4-6,12H2,1H3. The van der Waals surface area contributed by atoms with Gasteiger partial charge in [-0.1, -0.05) is 0 Å². The highest BCUT2D eigenvalue weighted by Crippen LogP contribution is 2.25. The summed E-state index contributed by atoms with van der Waals surface area (Å²) in [4.78, 5) is 2.10. The fourth-order valence-electron chi connectivity index (χ4n) is 1.80. The van der Waals surface area contributed by atoms with E-state index in [2.05, 4.69) is 4.90 Å². The molecule has 13 heavy (non-hydrogen) atoms. The zero-order valence-corrected chi connectivity index (χ0v) is 7.68. The topological polar surface area (TPSA) is 29.3 Å². The lowest BCUT2D eigenvalue weighted by atomic mass is 9.98. The van der Waals surface area contributed by atoms with Crippen molar-refractivity contribution in [3.8, 4) is 0 Å². The van der Waals surface area contributed by atoms with Crippen LogP contribution in [0.15, 0.2) is 12.1 Å². The maximum atomic E-state index is 13.3. The molecular formula is C10H13FN2. The molecule has 0 saturated carbocycles. The van der Waals surface area contributed by atoms with Gasteiger partial charge in [-0.05, 0) is 31.2 Å². The van der Waals surface area contributed by atoms with Gasteiger partial charge in [-0.2, -0.15) is 0 Å². The Labute approximate surface area is 77.2 Å². The largest absolute Gasteiger partial charge is 0.398 e. The van der Waals surface area contributed by atoms with Gasteiger partial charge in [0.15, 0.2) is 0 Å². The van der Waals surface area contributed by atoms with Crippen molar-refractivity contribution in [3.05, 3.63) is 29.1 Å². The number of benzene rings is 1. The average molecular weight is 180 g/mol. The number of likely N-dealkylation sites (N-methyl/N-ethyl adjacent to an activating group) is 1. The molecule has 1 aliphatic heterocycles. The number of hydrogen-bond donors (Lipinski definition) is 1. The van der Waals surface area contributed by atoms with Crippen molar-refractivity contribution in [1.82, 2.24) is 4.90 Å². The smallest absolute Gasteiger partial charge is 0.128 e. The minimum absolute atomic E-state index is 0.129. The van der Waals surface area contributed by atoms with Crippen LogP contribution in [0.5, 0.6) is 0 Å². The third kappa shape index (κ3) is 1.40. The van der Waals surface area contributed by atoms with Crippen molar-refractivity contribution in [2.75, 3.05) is 19.3 Å². The van der Waals surface area contributed by atoms with E-state index < -0.39 is 0 Å². The van der Waals surface area contributed by atoms with Crippen molar-refractivity contribution in [2.24, 2.45) is 0 Å². The summed E-state index contributed by atoms with van der Waals surface area (Å²) < 4.78 is 13.3. The second-order valence-corrected chi connectivity index (χ2v) is 3.58. The summed E-state index contributed by atoms with van der Waals surface area (Å²) >= 11 is 0. The average Bonchev–Trinajstić information content (AvgIpc) is 2.12. The van der Waals surface area contributed by atoms with Gasteiger partial charge in [0.05, 0.1) is 0 Å². The SMILES string of the molecule is CN1CCc2c(N)ccc(F)c2C1. The Balaban J connectivity index is 2.51.